The van der Waals surface area contributed by atoms with Crippen molar-refractivity contribution in [2.45, 2.75) is 13.3 Å². The summed E-state index contributed by atoms with van der Waals surface area (Å²) in [5, 5.41) is 0. The number of rotatable bonds is 2. The minimum Gasteiger partial charge on any atom is -0.360 e. The molecule has 2 aromatic heterocycles. The van der Waals surface area contributed by atoms with Crippen LogP contribution in [-0.2, 0) is 6.42 Å². The molecule has 13 heavy (non-hydrogen) atoms. The standard InChI is InChI=1S/C10H13N3/c1-7-4-9-10(13-5-7)8(2-3-11)6-12-9/h4-6,12H,2-3,11H2,1H3. The van der Waals surface area contributed by atoms with Gasteiger partial charge < -0.3 is 10.7 Å². The van der Waals surface area contributed by atoms with Gasteiger partial charge in [-0.15, -0.1) is 0 Å². The smallest absolute Gasteiger partial charge is 0.0911 e. The van der Waals surface area contributed by atoms with Crippen LogP contribution in [0.1, 0.15) is 11.1 Å². The largest absolute Gasteiger partial charge is 0.360 e. The van der Waals surface area contributed by atoms with E-state index in [4.69, 9.17) is 5.73 Å². The van der Waals surface area contributed by atoms with Gasteiger partial charge >= 0.3 is 0 Å². The van der Waals surface area contributed by atoms with E-state index in [9.17, 15) is 0 Å². The number of fused-ring (bicyclic) bond motifs is 1. The van der Waals surface area contributed by atoms with Crippen LogP contribution in [-0.4, -0.2) is 16.5 Å². The van der Waals surface area contributed by atoms with E-state index in [1.54, 1.807) is 0 Å². The number of nitrogens with two attached hydrogens (primary N) is 1. The molecule has 2 rings (SSSR count). The summed E-state index contributed by atoms with van der Waals surface area (Å²) in [5.74, 6) is 0. The van der Waals surface area contributed by atoms with Crippen molar-refractivity contribution in [1.29, 1.82) is 0 Å². The van der Waals surface area contributed by atoms with Gasteiger partial charge in [-0.3, -0.25) is 4.98 Å². The maximum Gasteiger partial charge on any atom is 0.0911 e. The summed E-state index contributed by atoms with van der Waals surface area (Å²) >= 11 is 0. The summed E-state index contributed by atoms with van der Waals surface area (Å²) in [6.45, 7) is 2.71. The lowest BCUT2D eigenvalue weighted by Crippen LogP contribution is -2.02. The van der Waals surface area contributed by atoms with Gasteiger partial charge in [-0.25, -0.2) is 0 Å². The highest BCUT2D eigenvalue weighted by atomic mass is 14.8. The Morgan fingerprint density at radius 1 is 1.54 bits per heavy atom. The van der Waals surface area contributed by atoms with Crippen LogP contribution >= 0.6 is 0 Å². The lowest BCUT2D eigenvalue weighted by atomic mass is 10.2. The Morgan fingerprint density at radius 2 is 2.38 bits per heavy atom. The monoisotopic (exact) mass is 175 g/mol. The first kappa shape index (κ1) is 8.26. The molecule has 0 aliphatic rings. The number of hydrogen-bond donors (Lipinski definition) is 2. The quantitative estimate of drug-likeness (QED) is 0.724. The van der Waals surface area contributed by atoms with Gasteiger partial charge in [0, 0.05) is 12.4 Å². The predicted octanol–water partition coefficient (Wildman–Crippen LogP) is 1.37. The molecule has 68 valence electrons. The topological polar surface area (TPSA) is 54.7 Å². The van der Waals surface area contributed by atoms with Crippen LogP contribution in [0.4, 0.5) is 0 Å². The van der Waals surface area contributed by atoms with E-state index in [-0.39, 0.29) is 0 Å². The number of nitrogens with zero attached hydrogens (tertiary/aromatic N) is 1. The molecular weight excluding hydrogens is 162 g/mol. The van der Waals surface area contributed by atoms with Gasteiger partial charge in [-0.1, -0.05) is 0 Å². The second-order valence-corrected chi connectivity index (χ2v) is 3.26. The number of aromatic amines is 1. The van der Waals surface area contributed by atoms with Crippen LogP contribution in [0.5, 0.6) is 0 Å². The summed E-state index contributed by atoms with van der Waals surface area (Å²) in [7, 11) is 0. The van der Waals surface area contributed by atoms with Gasteiger partial charge in [0.25, 0.3) is 0 Å². The normalized spacial score (nSPS) is 10.9. The lowest BCUT2D eigenvalue weighted by molar-refractivity contribution is 0.973. The van der Waals surface area contributed by atoms with E-state index in [1.807, 2.05) is 19.3 Å². The third-order valence-corrected chi connectivity index (χ3v) is 2.14. The summed E-state index contributed by atoms with van der Waals surface area (Å²) in [4.78, 5) is 7.57. The molecule has 0 atom stereocenters. The number of pyridine rings is 1. The third kappa shape index (κ3) is 1.42. The first-order chi connectivity index (χ1) is 6.31. The molecule has 0 radical (unpaired) electrons. The molecule has 0 amide bonds. The van der Waals surface area contributed by atoms with Crippen LogP contribution in [0, 0.1) is 6.92 Å². The van der Waals surface area contributed by atoms with Crippen molar-refractivity contribution in [2.75, 3.05) is 6.54 Å². The number of H-pyrrole nitrogens is 1. The third-order valence-electron chi connectivity index (χ3n) is 2.14. The fraction of sp³-hybridized carbons (Fsp3) is 0.300. The number of hydrogen-bond acceptors (Lipinski definition) is 2. The SMILES string of the molecule is Cc1cnc2c(CCN)c[nH]c2c1. The molecule has 0 aliphatic carbocycles. The zero-order valence-electron chi connectivity index (χ0n) is 7.67. The molecule has 0 spiro atoms. The lowest BCUT2D eigenvalue weighted by Gasteiger charge is -1.95. The Balaban J connectivity index is 2.55. The second kappa shape index (κ2) is 3.18. The fourth-order valence-electron chi connectivity index (χ4n) is 1.51. The Labute approximate surface area is 77.0 Å². The molecule has 3 N–H and O–H groups in total. The van der Waals surface area contributed by atoms with E-state index < -0.39 is 0 Å². The summed E-state index contributed by atoms with van der Waals surface area (Å²) in [5.41, 5.74) is 10.0. The minimum atomic E-state index is 0.669. The van der Waals surface area contributed by atoms with E-state index in [0.717, 1.165) is 17.5 Å². The Morgan fingerprint density at radius 3 is 3.15 bits per heavy atom. The maximum atomic E-state index is 5.50. The highest BCUT2D eigenvalue weighted by Crippen LogP contribution is 2.16. The van der Waals surface area contributed by atoms with Crippen LogP contribution in [0.15, 0.2) is 18.5 Å². The summed E-state index contributed by atoms with van der Waals surface area (Å²) in [6.07, 6.45) is 4.76. The molecule has 0 aromatic carbocycles. The summed E-state index contributed by atoms with van der Waals surface area (Å²) < 4.78 is 0. The van der Waals surface area contributed by atoms with Gasteiger partial charge in [-0.05, 0) is 37.1 Å². The minimum absolute atomic E-state index is 0.669. The van der Waals surface area contributed by atoms with Crippen molar-refractivity contribution in [3.05, 3.63) is 29.6 Å². The van der Waals surface area contributed by atoms with E-state index in [1.165, 1.54) is 11.1 Å². The zero-order valence-corrected chi connectivity index (χ0v) is 7.67. The van der Waals surface area contributed by atoms with Crippen molar-refractivity contribution < 1.29 is 0 Å². The molecule has 3 heteroatoms. The van der Waals surface area contributed by atoms with Crippen LogP contribution in [0.25, 0.3) is 11.0 Å². The Kier molecular flexibility index (Phi) is 2.02. The predicted molar refractivity (Wildman–Crippen MR) is 53.6 cm³/mol. The van der Waals surface area contributed by atoms with Gasteiger partial charge in [0.15, 0.2) is 0 Å². The molecule has 2 aromatic rings. The van der Waals surface area contributed by atoms with Crippen molar-refractivity contribution in [3.8, 4) is 0 Å². The molecule has 0 unspecified atom stereocenters. The van der Waals surface area contributed by atoms with Gasteiger partial charge in [-0.2, -0.15) is 0 Å². The van der Waals surface area contributed by atoms with E-state index in [0.29, 0.717) is 6.54 Å². The van der Waals surface area contributed by atoms with E-state index in [2.05, 4.69) is 16.0 Å². The number of aryl methyl sites for hydroxylation is 1. The molecule has 0 saturated heterocycles. The first-order valence-electron chi connectivity index (χ1n) is 4.44. The Bertz CT molecular complexity index is 417. The number of nitrogens with one attached hydrogen (secondary N) is 1. The molecule has 0 aliphatic heterocycles. The van der Waals surface area contributed by atoms with Crippen LogP contribution in [0.3, 0.4) is 0 Å². The molecule has 2 heterocycles. The van der Waals surface area contributed by atoms with Crippen LogP contribution in [0.2, 0.25) is 0 Å². The van der Waals surface area contributed by atoms with Crippen molar-refractivity contribution >= 4 is 11.0 Å². The van der Waals surface area contributed by atoms with Gasteiger partial charge in [0.2, 0.25) is 0 Å². The molecule has 3 nitrogen and oxygen atoms in total. The second-order valence-electron chi connectivity index (χ2n) is 3.26. The van der Waals surface area contributed by atoms with Gasteiger partial charge in [0.1, 0.15) is 0 Å². The Hall–Kier alpha value is -1.35. The van der Waals surface area contributed by atoms with Crippen molar-refractivity contribution in [2.24, 2.45) is 5.73 Å². The average Bonchev–Trinajstić information content (AvgIpc) is 2.49. The van der Waals surface area contributed by atoms with Crippen molar-refractivity contribution in [1.82, 2.24) is 9.97 Å². The molecular formula is C10H13N3. The maximum absolute atomic E-state index is 5.50. The zero-order chi connectivity index (χ0) is 9.26. The van der Waals surface area contributed by atoms with Gasteiger partial charge in [0.05, 0.1) is 11.0 Å². The highest BCUT2D eigenvalue weighted by Gasteiger charge is 2.03. The molecule has 0 fully saturated rings. The average molecular weight is 175 g/mol. The molecule has 0 bridgehead atoms. The van der Waals surface area contributed by atoms with E-state index >= 15 is 0 Å². The van der Waals surface area contributed by atoms with Crippen LogP contribution < -0.4 is 5.73 Å². The summed E-state index contributed by atoms with van der Waals surface area (Å²) in [6, 6.07) is 2.10. The highest BCUT2D eigenvalue weighted by molar-refractivity contribution is 5.79. The fourth-order valence-corrected chi connectivity index (χ4v) is 1.51. The number of aromatic nitrogens is 2. The molecule has 0 saturated carbocycles. The first-order valence-corrected chi connectivity index (χ1v) is 4.44. The van der Waals surface area contributed by atoms with Crippen molar-refractivity contribution in [3.63, 3.8) is 0 Å².